The fraction of sp³-hybridized carbons (Fsp3) is 0.0385. The van der Waals surface area contributed by atoms with E-state index in [1.54, 1.807) is 6.20 Å². The first kappa shape index (κ1) is 18.0. The van der Waals surface area contributed by atoms with E-state index < -0.39 is 0 Å². The van der Waals surface area contributed by atoms with Crippen LogP contribution in [-0.4, -0.2) is 31.7 Å². The first-order chi connectivity index (χ1) is 16.3. The Kier molecular flexibility index (Phi) is 3.77. The summed E-state index contributed by atoms with van der Waals surface area (Å²) in [4.78, 5) is 20.7. The minimum Gasteiger partial charge on any atom is -0.454 e. The predicted octanol–water partition coefficient (Wildman–Crippen LogP) is 5.56. The van der Waals surface area contributed by atoms with E-state index in [9.17, 15) is 0 Å². The van der Waals surface area contributed by atoms with Crippen molar-refractivity contribution in [3.8, 4) is 45.5 Å². The predicted molar refractivity (Wildman–Crippen MR) is 126 cm³/mol. The quantitative estimate of drug-likeness (QED) is 0.383. The molecule has 6 aromatic rings. The summed E-state index contributed by atoms with van der Waals surface area (Å²) < 4.78 is 10.9. The molecule has 1 aliphatic rings. The highest BCUT2D eigenvalue weighted by molar-refractivity contribution is 5.88. The second kappa shape index (κ2) is 6.93. The topological polar surface area (TPSA) is 88.7 Å². The summed E-state index contributed by atoms with van der Waals surface area (Å²) in [5, 5.41) is 0. The maximum atomic E-state index is 5.50. The van der Waals surface area contributed by atoms with Gasteiger partial charge in [0.15, 0.2) is 17.3 Å². The van der Waals surface area contributed by atoms with Crippen LogP contribution in [0.15, 0.2) is 79.0 Å². The zero-order valence-corrected chi connectivity index (χ0v) is 17.4. The Bertz CT molecular complexity index is 1650. The number of ether oxygens (including phenoxy) is 2. The van der Waals surface area contributed by atoms with Gasteiger partial charge in [0.05, 0.1) is 22.1 Å². The second-order valence-electron chi connectivity index (χ2n) is 7.92. The molecule has 0 radical (unpaired) electrons. The van der Waals surface area contributed by atoms with Crippen molar-refractivity contribution in [2.24, 2.45) is 0 Å². The Balaban J connectivity index is 1.26. The number of fused-ring (bicyclic) bond motifs is 3. The molecule has 1 aliphatic heterocycles. The number of nitrogens with one attached hydrogen (secondary N) is 2. The molecule has 0 amide bonds. The molecule has 0 fully saturated rings. The van der Waals surface area contributed by atoms with Crippen LogP contribution in [0.3, 0.4) is 0 Å². The SMILES string of the molecule is c1ccc(-c2nc3cc(-c4ccc5[nH]c(-c6ccc7c(c6)OCO7)nc5c4)ccc3[nH]2)nc1. The third kappa shape index (κ3) is 3.02. The van der Waals surface area contributed by atoms with Gasteiger partial charge >= 0.3 is 0 Å². The number of rotatable bonds is 3. The number of H-pyrrole nitrogens is 2. The van der Waals surface area contributed by atoms with Gasteiger partial charge in [-0.1, -0.05) is 18.2 Å². The van der Waals surface area contributed by atoms with Gasteiger partial charge in [0.1, 0.15) is 11.5 Å². The average molecular weight is 431 g/mol. The maximum Gasteiger partial charge on any atom is 0.231 e. The summed E-state index contributed by atoms with van der Waals surface area (Å²) in [6.07, 6.45) is 1.77. The second-order valence-corrected chi connectivity index (χ2v) is 7.92. The van der Waals surface area contributed by atoms with Gasteiger partial charge in [-0.2, -0.15) is 0 Å². The lowest BCUT2D eigenvalue weighted by atomic mass is 10.0. The van der Waals surface area contributed by atoms with Crippen molar-refractivity contribution in [3.63, 3.8) is 0 Å². The normalized spacial score (nSPS) is 12.6. The lowest BCUT2D eigenvalue weighted by Gasteiger charge is -2.01. The molecule has 3 aromatic heterocycles. The number of pyridine rings is 1. The lowest BCUT2D eigenvalue weighted by molar-refractivity contribution is 0.174. The van der Waals surface area contributed by atoms with Crippen LogP contribution in [0.5, 0.6) is 11.5 Å². The van der Waals surface area contributed by atoms with Gasteiger partial charge in [-0.05, 0) is 65.7 Å². The minimum atomic E-state index is 0.256. The van der Waals surface area contributed by atoms with E-state index in [-0.39, 0.29) is 6.79 Å². The number of hydrogen-bond acceptors (Lipinski definition) is 5. The van der Waals surface area contributed by atoms with Gasteiger partial charge in [0, 0.05) is 11.8 Å². The van der Waals surface area contributed by atoms with Crippen LogP contribution in [0.25, 0.3) is 56.1 Å². The molecule has 7 rings (SSSR count). The van der Waals surface area contributed by atoms with Crippen molar-refractivity contribution in [3.05, 3.63) is 79.0 Å². The summed E-state index contributed by atoms with van der Waals surface area (Å²) in [5.74, 6) is 3.06. The number of hydrogen-bond donors (Lipinski definition) is 2. The Hall–Kier alpha value is -4.65. The maximum absolute atomic E-state index is 5.50. The van der Waals surface area contributed by atoms with E-state index in [2.05, 4.69) is 51.4 Å². The van der Waals surface area contributed by atoms with E-state index >= 15 is 0 Å². The van der Waals surface area contributed by atoms with E-state index in [0.717, 1.165) is 67.6 Å². The summed E-state index contributed by atoms with van der Waals surface area (Å²) in [6, 6.07) is 24.1. The monoisotopic (exact) mass is 431 g/mol. The first-order valence-electron chi connectivity index (χ1n) is 10.6. The average Bonchev–Trinajstić information content (AvgIpc) is 3.60. The van der Waals surface area contributed by atoms with E-state index in [1.807, 2.05) is 36.4 Å². The van der Waals surface area contributed by atoms with Gasteiger partial charge in [-0.25, -0.2) is 9.97 Å². The number of benzene rings is 3. The van der Waals surface area contributed by atoms with Crippen LogP contribution < -0.4 is 9.47 Å². The molecule has 0 saturated carbocycles. The molecular weight excluding hydrogens is 414 g/mol. The molecule has 0 aliphatic carbocycles. The van der Waals surface area contributed by atoms with Gasteiger partial charge in [-0.3, -0.25) is 4.98 Å². The van der Waals surface area contributed by atoms with Gasteiger partial charge in [0.25, 0.3) is 0 Å². The van der Waals surface area contributed by atoms with E-state index in [4.69, 9.17) is 19.4 Å². The van der Waals surface area contributed by atoms with Crippen LogP contribution >= 0.6 is 0 Å². The highest BCUT2D eigenvalue weighted by atomic mass is 16.7. The van der Waals surface area contributed by atoms with Crippen LogP contribution in [0, 0.1) is 0 Å². The Morgan fingerprint density at radius 1 is 0.636 bits per heavy atom. The van der Waals surface area contributed by atoms with Crippen molar-refractivity contribution in [1.82, 2.24) is 24.9 Å². The number of aromatic nitrogens is 5. The minimum absolute atomic E-state index is 0.256. The molecule has 158 valence electrons. The van der Waals surface area contributed by atoms with Crippen molar-refractivity contribution in [1.29, 1.82) is 0 Å². The summed E-state index contributed by atoms with van der Waals surface area (Å²) in [5.41, 5.74) is 7.69. The highest BCUT2D eigenvalue weighted by Gasteiger charge is 2.16. The molecule has 0 unspecified atom stereocenters. The molecule has 7 heteroatoms. The Morgan fingerprint density at radius 2 is 1.33 bits per heavy atom. The largest absolute Gasteiger partial charge is 0.454 e. The molecule has 0 bridgehead atoms. The molecule has 3 aromatic carbocycles. The fourth-order valence-electron chi connectivity index (χ4n) is 4.18. The van der Waals surface area contributed by atoms with Gasteiger partial charge in [0.2, 0.25) is 6.79 Å². The summed E-state index contributed by atoms with van der Waals surface area (Å²) in [6.45, 7) is 0.256. The van der Waals surface area contributed by atoms with Gasteiger partial charge in [-0.15, -0.1) is 0 Å². The standard InChI is InChI=1S/C26H17N5O2/c1-2-10-27-20(3-1)26-29-19-8-5-16(12-22(19)31-26)15-4-7-18-21(11-15)30-25(28-18)17-6-9-23-24(13-17)33-14-32-23/h1-13H,14H2,(H,28,30)(H,29,31). The third-order valence-corrected chi connectivity index (χ3v) is 5.85. The lowest BCUT2D eigenvalue weighted by Crippen LogP contribution is -1.92. The van der Waals surface area contributed by atoms with Crippen molar-refractivity contribution >= 4 is 22.1 Å². The first-order valence-corrected chi connectivity index (χ1v) is 10.6. The number of aromatic amines is 2. The summed E-state index contributed by atoms with van der Waals surface area (Å²) >= 11 is 0. The zero-order chi connectivity index (χ0) is 21.8. The molecule has 0 spiro atoms. The van der Waals surface area contributed by atoms with Crippen molar-refractivity contribution in [2.75, 3.05) is 6.79 Å². The van der Waals surface area contributed by atoms with Crippen LogP contribution in [0.2, 0.25) is 0 Å². The van der Waals surface area contributed by atoms with Crippen LogP contribution in [0.1, 0.15) is 0 Å². The van der Waals surface area contributed by atoms with Crippen LogP contribution in [0.4, 0.5) is 0 Å². The molecule has 4 heterocycles. The van der Waals surface area contributed by atoms with Gasteiger partial charge < -0.3 is 19.4 Å². The molecule has 2 N–H and O–H groups in total. The molecule has 7 nitrogen and oxygen atoms in total. The van der Waals surface area contributed by atoms with Crippen LogP contribution in [-0.2, 0) is 0 Å². The van der Waals surface area contributed by atoms with E-state index in [0.29, 0.717) is 0 Å². The summed E-state index contributed by atoms with van der Waals surface area (Å²) in [7, 11) is 0. The zero-order valence-electron chi connectivity index (χ0n) is 17.4. The highest BCUT2D eigenvalue weighted by Crippen LogP contribution is 2.36. The number of imidazole rings is 2. The molecular formula is C26H17N5O2. The fourth-order valence-corrected chi connectivity index (χ4v) is 4.18. The Labute approximate surface area is 188 Å². The van der Waals surface area contributed by atoms with E-state index in [1.165, 1.54) is 0 Å². The molecule has 33 heavy (non-hydrogen) atoms. The third-order valence-electron chi connectivity index (χ3n) is 5.85. The van der Waals surface area contributed by atoms with Crippen molar-refractivity contribution in [2.45, 2.75) is 0 Å². The molecule has 0 saturated heterocycles. The Morgan fingerprint density at radius 3 is 2.09 bits per heavy atom. The van der Waals surface area contributed by atoms with Crippen molar-refractivity contribution < 1.29 is 9.47 Å². The smallest absolute Gasteiger partial charge is 0.231 e. The molecule has 0 atom stereocenters. The number of nitrogens with zero attached hydrogens (tertiary/aromatic N) is 3.